The summed E-state index contributed by atoms with van der Waals surface area (Å²) in [5, 5.41) is 9.97. The number of ketones is 1. The van der Waals surface area contributed by atoms with E-state index in [1.54, 1.807) is 30.3 Å². The fourth-order valence-electron chi connectivity index (χ4n) is 1.87. The highest BCUT2D eigenvalue weighted by atomic mass is 32.2. The van der Waals surface area contributed by atoms with Gasteiger partial charge in [0, 0.05) is 12.5 Å². The van der Waals surface area contributed by atoms with Crippen LogP contribution in [-0.2, 0) is 14.4 Å². The molecule has 0 spiro atoms. The van der Waals surface area contributed by atoms with Crippen LogP contribution in [0.1, 0.15) is 31.1 Å². The first-order chi connectivity index (χ1) is 10.7. The van der Waals surface area contributed by atoms with Crippen molar-refractivity contribution in [3.63, 3.8) is 0 Å². The fraction of sp³-hybridized carbons (Fsp3) is 0.375. The molecule has 0 aliphatic carbocycles. The topological polar surface area (TPSA) is 101 Å². The van der Waals surface area contributed by atoms with Gasteiger partial charge in [0.2, 0.25) is 5.91 Å². The Labute approximate surface area is 138 Å². The van der Waals surface area contributed by atoms with Crippen LogP contribution >= 0.6 is 11.8 Å². The monoisotopic (exact) mass is 337 g/mol. The average Bonchev–Trinajstić information content (AvgIpc) is 2.51. The third kappa shape index (κ3) is 5.52. The third-order valence-corrected chi connectivity index (χ3v) is 4.41. The second kappa shape index (κ2) is 8.47. The van der Waals surface area contributed by atoms with Crippen LogP contribution < -0.4 is 5.32 Å². The number of carboxylic acids is 1. The minimum atomic E-state index is -1.17. The first-order valence-electron chi connectivity index (χ1n) is 7.03. The van der Waals surface area contributed by atoms with E-state index in [4.69, 9.17) is 5.11 Å². The molecule has 0 aliphatic rings. The van der Waals surface area contributed by atoms with Gasteiger partial charge < -0.3 is 10.4 Å². The van der Waals surface area contributed by atoms with Crippen LogP contribution in [0, 0.1) is 5.92 Å². The fourth-order valence-corrected chi connectivity index (χ4v) is 2.80. The Kier molecular flexibility index (Phi) is 6.96. The molecular weight excluding hydrogens is 318 g/mol. The molecule has 0 fully saturated rings. The van der Waals surface area contributed by atoms with E-state index in [0.717, 1.165) is 11.8 Å². The van der Waals surface area contributed by atoms with Gasteiger partial charge >= 0.3 is 5.97 Å². The van der Waals surface area contributed by atoms with Crippen molar-refractivity contribution >= 4 is 34.5 Å². The van der Waals surface area contributed by atoms with Gasteiger partial charge in [-0.1, -0.05) is 49.0 Å². The number of hydrogen-bond donors (Lipinski definition) is 2. The van der Waals surface area contributed by atoms with Gasteiger partial charge in [-0.15, -0.1) is 0 Å². The number of carboxylic acid groups (broad SMARTS) is 1. The quantitative estimate of drug-likeness (QED) is 0.735. The molecule has 6 nitrogen and oxygen atoms in total. The second-order valence-corrected chi connectivity index (χ2v) is 6.44. The predicted molar refractivity (Wildman–Crippen MR) is 87.2 cm³/mol. The molecule has 1 rings (SSSR count). The number of nitrogens with one attached hydrogen (secondary N) is 1. The maximum absolute atomic E-state index is 12.6. The highest BCUT2D eigenvalue weighted by Gasteiger charge is 2.33. The van der Waals surface area contributed by atoms with E-state index in [9.17, 15) is 19.2 Å². The van der Waals surface area contributed by atoms with Crippen LogP contribution in [0.25, 0.3) is 0 Å². The van der Waals surface area contributed by atoms with Gasteiger partial charge in [-0.2, -0.15) is 0 Å². The molecule has 0 aromatic heterocycles. The average molecular weight is 337 g/mol. The zero-order valence-electron chi connectivity index (χ0n) is 13.1. The standard InChI is InChI=1S/C16H19NO5S/c1-9(15(20)17-10(2)16(21)22)14(23-11(3)18)13(19)12-7-5-4-6-8-12/h4-10,14H,1-3H3,(H,17,20)(H,21,22)/t9-,10+,14+/m1/s1. The molecule has 1 aromatic carbocycles. The Balaban J connectivity index is 2.97. The number of amides is 1. The van der Waals surface area contributed by atoms with Gasteiger partial charge in [0.25, 0.3) is 0 Å². The Hall–Kier alpha value is -2.15. The number of thioether (sulfide) groups is 1. The Bertz CT molecular complexity index is 602. The molecular formula is C16H19NO5S. The van der Waals surface area contributed by atoms with E-state index >= 15 is 0 Å². The summed E-state index contributed by atoms with van der Waals surface area (Å²) in [6.45, 7) is 4.16. The largest absolute Gasteiger partial charge is 0.480 e. The molecule has 23 heavy (non-hydrogen) atoms. The Morgan fingerprint density at radius 1 is 1.09 bits per heavy atom. The van der Waals surface area contributed by atoms with Gasteiger partial charge in [-0.05, 0) is 6.92 Å². The number of Topliss-reactive ketones (excluding diaryl/α,β-unsaturated/α-hetero) is 1. The smallest absolute Gasteiger partial charge is 0.325 e. The lowest BCUT2D eigenvalue weighted by Gasteiger charge is -2.22. The van der Waals surface area contributed by atoms with Crippen LogP contribution in [0.4, 0.5) is 0 Å². The van der Waals surface area contributed by atoms with Crippen LogP contribution in [0.15, 0.2) is 30.3 Å². The molecule has 0 aliphatic heterocycles. The highest BCUT2D eigenvalue weighted by Crippen LogP contribution is 2.25. The van der Waals surface area contributed by atoms with Crippen molar-refractivity contribution < 1.29 is 24.3 Å². The number of carbonyl (C=O) groups is 4. The first-order valence-corrected chi connectivity index (χ1v) is 7.91. The number of aliphatic carboxylic acids is 1. The number of benzene rings is 1. The van der Waals surface area contributed by atoms with E-state index in [1.165, 1.54) is 20.8 Å². The summed E-state index contributed by atoms with van der Waals surface area (Å²) < 4.78 is 0. The Morgan fingerprint density at radius 2 is 1.65 bits per heavy atom. The van der Waals surface area contributed by atoms with Gasteiger partial charge in [-0.3, -0.25) is 19.2 Å². The SMILES string of the molecule is CC(=O)S[C@H](C(=O)c1ccccc1)[C@@H](C)C(=O)N[C@@H](C)C(=O)O. The molecule has 7 heteroatoms. The molecule has 0 saturated heterocycles. The van der Waals surface area contributed by atoms with Crippen LogP contribution in [-0.4, -0.2) is 39.2 Å². The van der Waals surface area contributed by atoms with Gasteiger partial charge in [0.05, 0.1) is 11.2 Å². The molecule has 0 bridgehead atoms. The van der Waals surface area contributed by atoms with E-state index in [2.05, 4.69) is 5.32 Å². The minimum absolute atomic E-state index is 0.287. The molecule has 0 heterocycles. The summed E-state index contributed by atoms with van der Waals surface area (Å²) in [6.07, 6.45) is 0. The zero-order valence-corrected chi connectivity index (χ0v) is 13.9. The molecule has 3 atom stereocenters. The first kappa shape index (κ1) is 18.9. The molecule has 124 valence electrons. The van der Waals surface area contributed by atoms with Crippen molar-refractivity contribution in [2.75, 3.05) is 0 Å². The Morgan fingerprint density at radius 3 is 2.13 bits per heavy atom. The lowest BCUT2D eigenvalue weighted by Crippen LogP contribution is -2.45. The molecule has 1 aromatic rings. The van der Waals surface area contributed by atoms with E-state index in [1.807, 2.05) is 0 Å². The van der Waals surface area contributed by atoms with Crippen molar-refractivity contribution in [1.29, 1.82) is 0 Å². The molecule has 0 saturated carbocycles. The van der Waals surface area contributed by atoms with E-state index < -0.39 is 29.1 Å². The summed E-state index contributed by atoms with van der Waals surface area (Å²) in [4.78, 5) is 47.0. The lowest BCUT2D eigenvalue weighted by atomic mass is 9.98. The van der Waals surface area contributed by atoms with Crippen molar-refractivity contribution in [3.8, 4) is 0 Å². The summed E-state index contributed by atoms with van der Waals surface area (Å²) in [5.41, 5.74) is 0.400. The number of rotatable bonds is 7. The van der Waals surface area contributed by atoms with Gasteiger partial charge in [-0.25, -0.2) is 0 Å². The minimum Gasteiger partial charge on any atom is -0.480 e. The summed E-state index contributed by atoms with van der Waals surface area (Å²) in [5.74, 6) is -2.94. The maximum Gasteiger partial charge on any atom is 0.325 e. The van der Waals surface area contributed by atoms with E-state index in [0.29, 0.717) is 5.56 Å². The predicted octanol–water partition coefficient (Wildman–Crippen LogP) is 1.74. The van der Waals surface area contributed by atoms with Gasteiger partial charge in [0.1, 0.15) is 6.04 Å². The van der Waals surface area contributed by atoms with Crippen LogP contribution in [0.2, 0.25) is 0 Å². The molecule has 2 N–H and O–H groups in total. The van der Waals surface area contributed by atoms with Crippen molar-refractivity contribution in [3.05, 3.63) is 35.9 Å². The summed E-state index contributed by atoms with van der Waals surface area (Å²) in [6, 6.07) is 7.30. The van der Waals surface area contributed by atoms with E-state index in [-0.39, 0.29) is 10.9 Å². The van der Waals surface area contributed by atoms with Crippen molar-refractivity contribution in [2.24, 2.45) is 5.92 Å². The molecule has 1 amide bonds. The van der Waals surface area contributed by atoms with Crippen molar-refractivity contribution in [2.45, 2.75) is 32.1 Å². The van der Waals surface area contributed by atoms with Crippen molar-refractivity contribution in [1.82, 2.24) is 5.32 Å². The third-order valence-electron chi connectivity index (χ3n) is 3.21. The second-order valence-electron chi connectivity index (χ2n) is 5.12. The number of carbonyl (C=O) groups excluding carboxylic acids is 3. The normalized spacial score (nSPS) is 14.4. The van der Waals surface area contributed by atoms with Crippen LogP contribution in [0.5, 0.6) is 0 Å². The zero-order chi connectivity index (χ0) is 17.6. The maximum atomic E-state index is 12.6. The highest BCUT2D eigenvalue weighted by molar-refractivity contribution is 8.14. The summed E-state index contributed by atoms with van der Waals surface area (Å²) in [7, 11) is 0. The van der Waals surface area contributed by atoms with Gasteiger partial charge in [0.15, 0.2) is 10.9 Å². The number of hydrogen-bond acceptors (Lipinski definition) is 5. The molecule has 0 unspecified atom stereocenters. The van der Waals surface area contributed by atoms with Crippen LogP contribution in [0.3, 0.4) is 0 Å². The lowest BCUT2D eigenvalue weighted by molar-refractivity contribution is -0.141. The summed E-state index contributed by atoms with van der Waals surface area (Å²) >= 11 is 0.778. The molecule has 0 radical (unpaired) electrons.